The first-order chi connectivity index (χ1) is 22.1. The quantitative estimate of drug-likeness (QED) is 0.228. The lowest BCUT2D eigenvalue weighted by Gasteiger charge is -2.35. The van der Waals surface area contributed by atoms with Gasteiger partial charge in [0.25, 0.3) is 0 Å². The smallest absolute Gasteiger partial charge is 0.407 e. The molecular formula is C33H47N3O9S. The number of hydrogen-bond acceptors (Lipinski definition) is 10. The second-order valence-electron chi connectivity index (χ2n) is 13.1. The Kier molecular flexibility index (Phi) is 11.4. The minimum Gasteiger partial charge on any atom is -0.454 e. The van der Waals surface area contributed by atoms with Gasteiger partial charge in [-0.2, -0.15) is 4.31 Å². The van der Waals surface area contributed by atoms with Gasteiger partial charge in [-0.1, -0.05) is 57.0 Å². The third-order valence-electron chi connectivity index (χ3n) is 8.84. The highest BCUT2D eigenvalue weighted by atomic mass is 32.2. The van der Waals surface area contributed by atoms with Crippen LogP contribution in [-0.2, 0) is 30.7 Å². The monoisotopic (exact) mass is 661 g/mol. The average Bonchev–Trinajstić information content (AvgIpc) is 3.78. The Morgan fingerprint density at radius 3 is 2.67 bits per heavy atom. The van der Waals surface area contributed by atoms with Crippen molar-refractivity contribution in [2.75, 3.05) is 39.6 Å². The molecule has 0 aromatic heterocycles. The molecule has 4 N–H and O–H groups in total. The summed E-state index contributed by atoms with van der Waals surface area (Å²) in [4.78, 5) is 13.2. The van der Waals surface area contributed by atoms with Crippen LogP contribution >= 0.6 is 0 Å². The summed E-state index contributed by atoms with van der Waals surface area (Å²) in [7, 11) is -4.11. The third-order valence-corrected chi connectivity index (χ3v) is 10.7. The number of rotatable bonds is 16. The van der Waals surface area contributed by atoms with Crippen molar-refractivity contribution in [3.05, 3.63) is 54.1 Å². The van der Waals surface area contributed by atoms with E-state index < -0.39 is 39.8 Å². The number of sulfonamides is 1. The number of carbonyl (C=O) groups is 1. The van der Waals surface area contributed by atoms with Crippen molar-refractivity contribution >= 4 is 16.1 Å². The van der Waals surface area contributed by atoms with Crippen LogP contribution in [0.4, 0.5) is 4.79 Å². The SMILES string of the molecule is CC(C)(CCCCCN)CN(C[C@H](O)[C@H](Cc1ccccc1)NC(=O)O[C@H]1CO[C@H]2OCC[C@H]21)S(=O)(=O)c1ccc2c(c1)OCO2. The molecule has 2 fully saturated rings. The lowest BCUT2D eigenvalue weighted by Crippen LogP contribution is -2.52. The van der Waals surface area contributed by atoms with E-state index in [1.54, 1.807) is 6.07 Å². The summed E-state index contributed by atoms with van der Waals surface area (Å²) in [5.41, 5.74) is 6.13. The number of unbranched alkanes of at least 4 members (excludes halogenated alkanes) is 2. The normalized spacial score (nSPS) is 22.1. The molecule has 2 saturated heterocycles. The zero-order chi connectivity index (χ0) is 32.7. The molecule has 46 heavy (non-hydrogen) atoms. The van der Waals surface area contributed by atoms with Gasteiger partial charge < -0.3 is 39.8 Å². The minimum atomic E-state index is -4.11. The van der Waals surface area contributed by atoms with Crippen LogP contribution in [0.15, 0.2) is 53.4 Å². The zero-order valence-electron chi connectivity index (χ0n) is 26.6. The van der Waals surface area contributed by atoms with Gasteiger partial charge in [-0.3, -0.25) is 0 Å². The van der Waals surface area contributed by atoms with Crippen LogP contribution in [-0.4, -0.2) is 88.1 Å². The number of ether oxygens (including phenoxy) is 5. The van der Waals surface area contributed by atoms with Crippen LogP contribution < -0.4 is 20.5 Å². The molecule has 2 aromatic carbocycles. The van der Waals surface area contributed by atoms with Crippen LogP contribution in [0.3, 0.4) is 0 Å². The maximum absolute atomic E-state index is 14.2. The fourth-order valence-electron chi connectivity index (χ4n) is 6.27. The number of benzene rings is 2. The molecule has 0 spiro atoms. The van der Waals surface area contributed by atoms with Gasteiger partial charge in [-0.25, -0.2) is 13.2 Å². The number of nitrogens with one attached hydrogen (secondary N) is 1. The Morgan fingerprint density at radius 2 is 1.89 bits per heavy atom. The van der Waals surface area contributed by atoms with Crippen LogP contribution in [0, 0.1) is 11.3 Å². The molecule has 12 nitrogen and oxygen atoms in total. The Balaban J connectivity index is 1.36. The van der Waals surface area contributed by atoms with Gasteiger partial charge in [0, 0.05) is 19.2 Å². The highest BCUT2D eigenvalue weighted by Gasteiger charge is 2.44. The molecule has 0 bridgehead atoms. The van der Waals surface area contributed by atoms with E-state index in [1.165, 1.54) is 16.4 Å². The molecule has 2 aromatic rings. The topological polar surface area (TPSA) is 159 Å². The summed E-state index contributed by atoms with van der Waals surface area (Å²) in [5, 5.41) is 14.6. The van der Waals surface area contributed by atoms with Gasteiger partial charge in [0.15, 0.2) is 17.8 Å². The van der Waals surface area contributed by atoms with Crippen molar-refractivity contribution in [1.29, 1.82) is 0 Å². The van der Waals surface area contributed by atoms with Gasteiger partial charge in [-0.05, 0) is 55.3 Å². The number of amides is 1. The first-order valence-corrected chi connectivity index (χ1v) is 17.5. The third kappa shape index (κ3) is 8.69. The van der Waals surface area contributed by atoms with Crippen molar-refractivity contribution < 1.29 is 42.0 Å². The maximum Gasteiger partial charge on any atom is 0.407 e. The number of nitrogens with zero attached hydrogens (tertiary/aromatic N) is 1. The number of alkyl carbamates (subject to hydrolysis) is 1. The number of hydrogen-bond donors (Lipinski definition) is 3. The summed E-state index contributed by atoms with van der Waals surface area (Å²) in [6.45, 7) is 5.33. The van der Waals surface area contributed by atoms with E-state index >= 15 is 0 Å². The number of carbonyl (C=O) groups excluding carboxylic acids is 1. The van der Waals surface area contributed by atoms with Crippen molar-refractivity contribution in [1.82, 2.24) is 9.62 Å². The molecule has 1 amide bonds. The fourth-order valence-corrected chi connectivity index (χ4v) is 7.94. The van der Waals surface area contributed by atoms with Gasteiger partial charge in [0.05, 0.1) is 36.2 Å². The highest BCUT2D eigenvalue weighted by Crippen LogP contribution is 2.36. The predicted molar refractivity (Wildman–Crippen MR) is 170 cm³/mol. The van der Waals surface area contributed by atoms with Gasteiger partial charge in [0.2, 0.25) is 16.8 Å². The van der Waals surface area contributed by atoms with E-state index in [9.17, 15) is 18.3 Å². The molecular weight excluding hydrogens is 614 g/mol. The molecule has 0 aliphatic carbocycles. The summed E-state index contributed by atoms with van der Waals surface area (Å²) in [6, 6.07) is 13.1. The molecule has 254 valence electrons. The second-order valence-corrected chi connectivity index (χ2v) is 15.0. The van der Waals surface area contributed by atoms with E-state index in [-0.39, 0.29) is 50.0 Å². The van der Waals surface area contributed by atoms with Gasteiger partial charge in [0.1, 0.15) is 6.10 Å². The van der Waals surface area contributed by atoms with Crippen molar-refractivity contribution in [2.24, 2.45) is 17.1 Å². The molecule has 0 unspecified atom stereocenters. The number of aliphatic hydroxyl groups excluding tert-OH is 1. The number of fused-ring (bicyclic) bond motifs is 2. The molecule has 0 radical (unpaired) electrons. The average molecular weight is 662 g/mol. The number of aliphatic hydroxyl groups is 1. The molecule has 3 heterocycles. The summed E-state index contributed by atoms with van der Waals surface area (Å²) in [5.74, 6) is 0.775. The molecule has 3 aliphatic rings. The summed E-state index contributed by atoms with van der Waals surface area (Å²) < 4.78 is 57.5. The number of nitrogens with two attached hydrogens (primary N) is 1. The molecule has 5 atom stereocenters. The zero-order valence-corrected chi connectivity index (χ0v) is 27.5. The van der Waals surface area contributed by atoms with E-state index in [0.717, 1.165) is 37.7 Å². The largest absolute Gasteiger partial charge is 0.454 e. The Hall–Kier alpha value is -2.94. The minimum absolute atomic E-state index is 0.0153. The highest BCUT2D eigenvalue weighted by molar-refractivity contribution is 7.89. The van der Waals surface area contributed by atoms with Crippen molar-refractivity contribution in [3.63, 3.8) is 0 Å². The lowest BCUT2D eigenvalue weighted by molar-refractivity contribution is -0.0907. The molecule has 3 aliphatic heterocycles. The molecule has 0 saturated carbocycles. The fraction of sp³-hybridized carbons (Fsp3) is 0.606. The predicted octanol–water partition coefficient (Wildman–Crippen LogP) is 3.41. The second kappa shape index (κ2) is 15.3. The van der Waals surface area contributed by atoms with E-state index in [1.807, 2.05) is 44.2 Å². The van der Waals surface area contributed by atoms with E-state index in [2.05, 4.69) is 5.32 Å². The van der Waals surface area contributed by atoms with Gasteiger partial charge >= 0.3 is 6.09 Å². The Morgan fingerprint density at radius 1 is 1.11 bits per heavy atom. The molecule has 13 heteroatoms. The van der Waals surface area contributed by atoms with E-state index in [0.29, 0.717) is 24.7 Å². The first-order valence-electron chi connectivity index (χ1n) is 16.1. The van der Waals surface area contributed by atoms with Crippen LogP contribution in [0.5, 0.6) is 11.5 Å². The summed E-state index contributed by atoms with van der Waals surface area (Å²) >= 11 is 0. The van der Waals surface area contributed by atoms with Crippen LogP contribution in [0.1, 0.15) is 51.5 Å². The summed E-state index contributed by atoms with van der Waals surface area (Å²) in [6.07, 6.45) is 1.68. The van der Waals surface area contributed by atoms with Gasteiger partial charge in [-0.15, -0.1) is 0 Å². The van der Waals surface area contributed by atoms with Crippen LogP contribution in [0.2, 0.25) is 0 Å². The van der Waals surface area contributed by atoms with E-state index in [4.69, 9.17) is 29.4 Å². The standard InChI is InChI=1S/C33H47N3O9S/c1-33(2,14-7-4-8-15-34)21-36(46(39,40)24-11-12-28-29(18-24)44-22-43-28)19-27(37)26(17-23-9-5-3-6-10-23)35-32(38)45-30-20-42-31-25(30)13-16-41-31/h3,5-6,9-12,18,25-27,30-31,37H,4,7-8,13-17,19-22,34H2,1-2H3,(H,35,38)/t25-,26-,27-,30-,31+/m0/s1. The Bertz CT molecular complexity index is 1410. The van der Waals surface area contributed by atoms with Crippen molar-refractivity contribution in [2.45, 2.75) is 81.8 Å². The maximum atomic E-state index is 14.2. The lowest BCUT2D eigenvalue weighted by atomic mass is 9.86. The van der Waals surface area contributed by atoms with Crippen molar-refractivity contribution in [3.8, 4) is 11.5 Å². The first kappa shape index (κ1) is 34.4. The van der Waals surface area contributed by atoms with Crippen LogP contribution in [0.25, 0.3) is 0 Å². The molecule has 5 rings (SSSR count). The Labute approximate surface area is 271 Å².